The maximum Gasteiger partial charge on any atom is 0.424 e. The van der Waals surface area contributed by atoms with Gasteiger partial charge in [-0.2, -0.15) is 0 Å². The highest BCUT2D eigenvalue weighted by Gasteiger charge is 2.34. The number of amides is 1. The number of ether oxygens (including phenoxy) is 1. The zero-order valence-electron chi connectivity index (χ0n) is 13.3. The summed E-state index contributed by atoms with van der Waals surface area (Å²) in [5.74, 6) is -0.805. The fraction of sp³-hybridized carbons (Fsp3) is 0.267. The molecule has 0 spiro atoms. The van der Waals surface area contributed by atoms with Crippen LogP contribution in [0, 0.1) is 10.1 Å². The zero-order chi connectivity index (χ0) is 17.9. The Morgan fingerprint density at radius 2 is 1.88 bits per heavy atom. The van der Waals surface area contributed by atoms with E-state index in [2.05, 4.69) is 4.98 Å². The van der Waals surface area contributed by atoms with E-state index in [0.717, 1.165) is 22.4 Å². The number of hydrogen-bond acceptors (Lipinski definition) is 7. The Morgan fingerprint density at radius 3 is 2.38 bits per heavy atom. The third-order valence-corrected chi connectivity index (χ3v) is 3.83. The van der Waals surface area contributed by atoms with Crippen LogP contribution >= 0.6 is 11.3 Å². The average Bonchev–Trinajstić information content (AvgIpc) is 2.96. The normalized spacial score (nSPS) is 11.0. The van der Waals surface area contributed by atoms with Crippen LogP contribution in [-0.2, 0) is 4.74 Å². The van der Waals surface area contributed by atoms with Gasteiger partial charge >= 0.3 is 17.1 Å². The van der Waals surface area contributed by atoms with E-state index in [9.17, 15) is 19.7 Å². The van der Waals surface area contributed by atoms with Crippen LogP contribution in [0.5, 0.6) is 0 Å². The molecule has 2 aromatic rings. The number of rotatable bonds is 3. The minimum atomic E-state index is -0.944. The molecule has 0 bridgehead atoms. The number of anilines is 1. The first-order chi connectivity index (χ1) is 11.2. The predicted octanol–water partition coefficient (Wildman–Crippen LogP) is 3.63. The van der Waals surface area contributed by atoms with Crippen LogP contribution in [0.4, 0.5) is 14.9 Å². The van der Waals surface area contributed by atoms with Gasteiger partial charge in [0.05, 0.1) is 10.5 Å². The van der Waals surface area contributed by atoms with E-state index >= 15 is 0 Å². The molecule has 9 heteroatoms. The number of nitrogens with zero attached hydrogens (tertiary/aromatic N) is 3. The van der Waals surface area contributed by atoms with E-state index in [0.29, 0.717) is 0 Å². The van der Waals surface area contributed by atoms with Crippen molar-refractivity contribution >= 4 is 33.5 Å². The van der Waals surface area contributed by atoms with Crippen LogP contribution < -0.4 is 4.90 Å². The van der Waals surface area contributed by atoms with Crippen molar-refractivity contribution in [3.63, 3.8) is 0 Å². The fourth-order valence-corrected chi connectivity index (χ4v) is 2.75. The zero-order valence-corrected chi connectivity index (χ0v) is 14.1. The summed E-state index contributed by atoms with van der Waals surface area (Å²) in [6, 6.07) is 8.06. The van der Waals surface area contributed by atoms with E-state index in [-0.39, 0.29) is 15.7 Å². The number of carbonyl (C=O) groups is 2. The Labute approximate surface area is 141 Å². The first-order valence-electron chi connectivity index (χ1n) is 6.92. The van der Waals surface area contributed by atoms with Gasteiger partial charge < -0.3 is 4.74 Å². The summed E-state index contributed by atoms with van der Waals surface area (Å²) in [5, 5.41) is 10.7. The van der Waals surface area contributed by atoms with Gasteiger partial charge in [0.2, 0.25) is 5.13 Å². The van der Waals surface area contributed by atoms with Crippen molar-refractivity contribution < 1.29 is 19.2 Å². The lowest BCUT2D eigenvalue weighted by atomic mass is 10.1. The smallest absolute Gasteiger partial charge is 0.372 e. The lowest BCUT2D eigenvalue weighted by Gasteiger charge is -2.31. The molecule has 0 N–H and O–H groups in total. The molecule has 24 heavy (non-hydrogen) atoms. The van der Waals surface area contributed by atoms with Gasteiger partial charge in [0.1, 0.15) is 6.20 Å². The first-order valence-corrected chi connectivity index (χ1v) is 7.73. The highest BCUT2D eigenvalue weighted by molar-refractivity contribution is 7.18. The molecule has 0 saturated heterocycles. The van der Waals surface area contributed by atoms with Crippen molar-refractivity contribution in [3.05, 3.63) is 52.2 Å². The topological polar surface area (TPSA) is 103 Å². The molecule has 1 aromatic heterocycles. The first kappa shape index (κ1) is 17.5. The molecule has 0 aliphatic heterocycles. The number of thiazole rings is 1. The van der Waals surface area contributed by atoms with Crippen molar-refractivity contribution in [2.45, 2.75) is 26.3 Å². The van der Waals surface area contributed by atoms with Crippen LogP contribution in [0.3, 0.4) is 0 Å². The van der Waals surface area contributed by atoms with Crippen LogP contribution in [0.25, 0.3) is 0 Å². The SMILES string of the molecule is CC(C)(C)N(C(=O)OC(=O)c1ccccc1)c1ncc([N+](=O)[O-])s1. The lowest BCUT2D eigenvalue weighted by molar-refractivity contribution is -0.380. The van der Waals surface area contributed by atoms with E-state index in [1.165, 1.54) is 12.1 Å². The molecule has 0 saturated carbocycles. The van der Waals surface area contributed by atoms with Gasteiger partial charge in [-0.1, -0.05) is 18.2 Å². The monoisotopic (exact) mass is 349 g/mol. The maximum atomic E-state index is 12.4. The largest absolute Gasteiger partial charge is 0.424 e. The highest BCUT2D eigenvalue weighted by atomic mass is 32.1. The molecule has 1 amide bonds. The van der Waals surface area contributed by atoms with Crippen molar-refractivity contribution in [2.75, 3.05) is 4.90 Å². The number of hydrogen-bond donors (Lipinski definition) is 0. The summed E-state index contributed by atoms with van der Waals surface area (Å²) in [6.45, 7) is 5.11. The molecule has 0 radical (unpaired) electrons. The van der Waals surface area contributed by atoms with E-state index in [4.69, 9.17) is 4.74 Å². The van der Waals surface area contributed by atoms with Crippen LogP contribution in [0.15, 0.2) is 36.5 Å². The average molecular weight is 349 g/mol. The summed E-state index contributed by atoms with van der Waals surface area (Å²) in [4.78, 5) is 39.7. The maximum absolute atomic E-state index is 12.4. The van der Waals surface area contributed by atoms with Crippen LogP contribution in [-0.4, -0.2) is 27.5 Å². The van der Waals surface area contributed by atoms with Crippen LogP contribution in [0.1, 0.15) is 31.1 Å². The Balaban J connectivity index is 2.26. The van der Waals surface area contributed by atoms with Crippen molar-refractivity contribution in [3.8, 4) is 0 Å². The Morgan fingerprint density at radius 1 is 1.25 bits per heavy atom. The second kappa shape index (κ2) is 6.75. The summed E-state index contributed by atoms with van der Waals surface area (Å²) >= 11 is 0.731. The van der Waals surface area contributed by atoms with Crippen molar-refractivity contribution in [1.82, 2.24) is 4.98 Å². The summed E-state index contributed by atoms with van der Waals surface area (Å²) in [7, 11) is 0. The van der Waals surface area contributed by atoms with Gasteiger partial charge in [-0.15, -0.1) is 0 Å². The second-order valence-electron chi connectivity index (χ2n) is 5.77. The van der Waals surface area contributed by atoms with Crippen LogP contribution in [0.2, 0.25) is 0 Å². The van der Waals surface area contributed by atoms with Crippen molar-refractivity contribution in [2.24, 2.45) is 0 Å². The Kier molecular flexibility index (Phi) is 4.93. The summed E-state index contributed by atoms with van der Waals surface area (Å²) in [6.07, 6.45) is 0.117. The number of aromatic nitrogens is 1. The van der Waals surface area contributed by atoms with Gasteiger partial charge in [0, 0.05) is 5.54 Å². The standard InChI is InChI=1S/C15H15N3O5S/c1-15(2,3)17(13-16-9-11(24-13)18(21)22)14(20)23-12(19)10-7-5-4-6-8-10/h4-9H,1-3H3. The molecule has 0 fully saturated rings. The highest BCUT2D eigenvalue weighted by Crippen LogP contribution is 2.33. The van der Waals surface area contributed by atoms with Gasteiger partial charge in [-0.3, -0.25) is 10.1 Å². The summed E-state index contributed by atoms with van der Waals surface area (Å²) in [5.41, 5.74) is -0.565. The molecule has 126 valence electrons. The molecule has 0 aliphatic carbocycles. The fourth-order valence-electron chi connectivity index (χ4n) is 1.84. The Hall–Kier alpha value is -2.81. The predicted molar refractivity (Wildman–Crippen MR) is 88.3 cm³/mol. The molecule has 8 nitrogen and oxygen atoms in total. The molecule has 0 unspecified atom stereocenters. The molecule has 1 aromatic carbocycles. The number of benzene rings is 1. The number of esters is 1. The molecule has 0 aliphatic rings. The second-order valence-corrected chi connectivity index (χ2v) is 6.75. The van der Waals surface area contributed by atoms with Gasteiger partial charge in [-0.05, 0) is 44.2 Å². The van der Waals surface area contributed by atoms with E-state index < -0.39 is 22.5 Å². The van der Waals surface area contributed by atoms with E-state index in [1.807, 2.05) is 0 Å². The number of carbonyl (C=O) groups excluding carboxylic acids is 2. The van der Waals surface area contributed by atoms with Gasteiger partial charge in [0.15, 0.2) is 0 Å². The minimum Gasteiger partial charge on any atom is -0.372 e. The Bertz CT molecular complexity index is 767. The van der Waals surface area contributed by atoms with Gasteiger partial charge in [-0.25, -0.2) is 19.5 Å². The van der Waals surface area contributed by atoms with E-state index in [1.54, 1.807) is 39.0 Å². The molecule has 0 atom stereocenters. The third kappa shape index (κ3) is 3.93. The van der Waals surface area contributed by atoms with Crippen molar-refractivity contribution in [1.29, 1.82) is 0 Å². The molecular weight excluding hydrogens is 334 g/mol. The quantitative estimate of drug-likeness (QED) is 0.363. The minimum absolute atomic E-state index is 0.0834. The molecular formula is C15H15N3O5S. The lowest BCUT2D eigenvalue weighted by Crippen LogP contribution is -2.46. The molecule has 1 heterocycles. The molecule has 2 rings (SSSR count). The number of nitro groups is 1. The summed E-state index contributed by atoms with van der Waals surface area (Å²) < 4.78 is 4.89. The van der Waals surface area contributed by atoms with Gasteiger partial charge in [0.25, 0.3) is 0 Å². The third-order valence-electron chi connectivity index (χ3n) is 2.90.